The Balaban J connectivity index is 2.12. The normalized spacial score (nSPS) is 20.0. The number of rotatable bonds is 4. The summed E-state index contributed by atoms with van der Waals surface area (Å²) in [5.74, 6) is 0. The van der Waals surface area contributed by atoms with Gasteiger partial charge < -0.3 is 10.2 Å². The van der Waals surface area contributed by atoms with Crippen molar-refractivity contribution >= 4 is 0 Å². The third-order valence-electron chi connectivity index (χ3n) is 2.60. The Hall–Kier alpha value is -0.590. The summed E-state index contributed by atoms with van der Waals surface area (Å²) >= 11 is 0. The fraction of sp³-hybridized carbons (Fsp3) is 0.900. The zero-order chi connectivity index (χ0) is 9.52. The van der Waals surface area contributed by atoms with Gasteiger partial charge >= 0.3 is 0 Å². The molecular formula is C10H19N3. The van der Waals surface area contributed by atoms with Gasteiger partial charge in [-0.15, -0.1) is 0 Å². The number of nitriles is 1. The third-order valence-corrected chi connectivity index (χ3v) is 2.60. The maximum atomic E-state index is 8.41. The number of nitrogens with one attached hydrogen (secondary N) is 1. The second-order valence-corrected chi connectivity index (χ2v) is 3.65. The topological polar surface area (TPSA) is 39.1 Å². The smallest absolute Gasteiger partial charge is 0.0843 e. The quantitative estimate of drug-likeness (QED) is 0.657. The summed E-state index contributed by atoms with van der Waals surface area (Å²) in [6.45, 7) is 6.33. The van der Waals surface area contributed by atoms with Crippen LogP contribution in [0, 0.1) is 11.3 Å². The van der Waals surface area contributed by atoms with Crippen LogP contribution in [0.4, 0.5) is 0 Å². The van der Waals surface area contributed by atoms with Crippen LogP contribution in [0.25, 0.3) is 0 Å². The Morgan fingerprint density at radius 1 is 1.46 bits per heavy atom. The number of nitrogens with zero attached hydrogens (tertiary/aromatic N) is 2. The highest BCUT2D eigenvalue weighted by Crippen LogP contribution is 2.09. The van der Waals surface area contributed by atoms with Crippen LogP contribution in [0.2, 0.25) is 0 Å². The predicted molar refractivity (Wildman–Crippen MR) is 53.4 cm³/mol. The van der Waals surface area contributed by atoms with Gasteiger partial charge in [-0.05, 0) is 38.9 Å². The minimum atomic E-state index is 0.498. The van der Waals surface area contributed by atoms with Gasteiger partial charge in [-0.1, -0.05) is 6.92 Å². The van der Waals surface area contributed by atoms with Gasteiger partial charge in [0.05, 0.1) is 12.6 Å². The summed E-state index contributed by atoms with van der Waals surface area (Å²) in [7, 11) is 0. The van der Waals surface area contributed by atoms with Crippen LogP contribution in [0.15, 0.2) is 0 Å². The van der Waals surface area contributed by atoms with Crippen molar-refractivity contribution in [3.63, 3.8) is 0 Å². The Bertz CT molecular complexity index is 165. The van der Waals surface area contributed by atoms with E-state index in [4.69, 9.17) is 5.26 Å². The maximum absolute atomic E-state index is 8.41. The molecule has 0 amide bonds. The van der Waals surface area contributed by atoms with Crippen molar-refractivity contribution in [3.8, 4) is 6.07 Å². The first-order chi connectivity index (χ1) is 6.36. The highest BCUT2D eigenvalue weighted by molar-refractivity contribution is 4.81. The lowest BCUT2D eigenvalue weighted by Gasteiger charge is -2.31. The second kappa shape index (κ2) is 5.95. The van der Waals surface area contributed by atoms with Gasteiger partial charge in [0.2, 0.25) is 0 Å². The predicted octanol–water partition coefficient (Wildman–Crippen LogP) is 0.974. The Morgan fingerprint density at radius 2 is 2.15 bits per heavy atom. The fourth-order valence-electron chi connectivity index (χ4n) is 1.87. The van der Waals surface area contributed by atoms with Crippen LogP contribution in [0.1, 0.15) is 26.2 Å². The van der Waals surface area contributed by atoms with Gasteiger partial charge in [-0.3, -0.25) is 0 Å². The SMILES string of the molecule is CCCN1CCC(NCC#N)CC1. The minimum Gasteiger partial charge on any atom is -0.303 e. The van der Waals surface area contributed by atoms with E-state index in [1.807, 2.05) is 0 Å². The first-order valence-electron chi connectivity index (χ1n) is 5.19. The molecule has 1 rings (SSSR count). The van der Waals surface area contributed by atoms with Crippen molar-refractivity contribution in [2.24, 2.45) is 0 Å². The van der Waals surface area contributed by atoms with E-state index in [2.05, 4.69) is 23.2 Å². The molecule has 3 nitrogen and oxygen atoms in total. The molecule has 0 spiro atoms. The molecule has 13 heavy (non-hydrogen) atoms. The highest BCUT2D eigenvalue weighted by atomic mass is 15.1. The lowest BCUT2D eigenvalue weighted by molar-refractivity contribution is 0.200. The van der Waals surface area contributed by atoms with Crippen LogP contribution in [0.5, 0.6) is 0 Å². The van der Waals surface area contributed by atoms with Gasteiger partial charge in [0.15, 0.2) is 0 Å². The molecule has 74 valence electrons. The van der Waals surface area contributed by atoms with E-state index in [1.54, 1.807) is 0 Å². The van der Waals surface area contributed by atoms with E-state index in [0.29, 0.717) is 12.6 Å². The highest BCUT2D eigenvalue weighted by Gasteiger charge is 2.17. The average Bonchev–Trinajstić information content (AvgIpc) is 2.17. The number of piperidine rings is 1. The van der Waals surface area contributed by atoms with Crippen LogP contribution < -0.4 is 5.32 Å². The number of hydrogen-bond donors (Lipinski definition) is 1. The van der Waals surface area contributed by atoms with Crippen molar-refractivity contribution in [1.82, 2.24) is 10.2 Å². The Kier molecular flexibility index (Phi) is 4.81. The first kappa shape index (κ1) is 10.5. The average molecular weight is 181 g/mol. The van der Waals surface area contributed by atoms with Crippen molar-refractivity contribution in [2.75, 3.05) is 26.2 Å². The fourth-order valence-corrected chi connectivity index (χ4v) is 1.87. The molecule has 1 aliphatic rings. The largest absolute Gasteiger partial charge is 0.303 e. The minimum absolute atomic E-state index is 0.498. The van der Waals surface area contributed by atoms with E-state index in [-0.39, 0.29) is 0 Å². The molecule has 0 aromatic rings. The molecule has 0 atom stereocenters. The molecule has 0 radical (unpaired) electrons. The molecule has 0 bridgehead atoms. The molecule has 0 aliphatic carbocycles. The maximum Gasteiger partial charge on any atom is 0.0843 e. The summed E-state index contributed by atoms with van der Waals surface area (Å²) < 4.78 is 0. The van der Waals surface area contributed by atoms with E-state index < -0.39 is 0 Å². The number of hydrogen-bond acceptors (Lipinski definition) is 3. The zero-order valence-electron chi connectivity index (χ0n) is 8.42. The van der Waals surface area contributed by atoms with E-state index in [0.717, 1.165) is 0 Å². The molecular weight excluding hydrogens is 162 g/mol. The molecule has 1 fully saturated rings. The Morgan fingerprint density at radius 3 is 2.69 bits per heavy atom. The van der Waals surface area contributed by atoms with Gasteiger partial charge in [0.25, 0.3) is 0 Å². The van der Waals surface area contributed by atoms with Gasteiger partial charge in [-0.25, -0.2) is 0 Å². The number of likely N-dealkylation sites (tertiary alicyclic amines) is 1. The van der Waals surface area contributed by atoms with Crippen LogP contribution in [-0.4, -0.2) is 37.1 Å². The van der Waals surface area contributed by atoms with Crippen molar-refractivity contribution in [1.29, 1.82) is 5.26 Å². The summed E-state index contributed by atoms with van der Waals surface area (Å²) in [4.78, 5) is 2.50. The standard InChI is InChI=1S/C10H19N3/c1-2-7-13-8-3-10(4-9-13)12-6-5-11/h10,12H,2-4,6-9H2,1H3. The zero-order valence-corrected chi connectivity index (χ0v) is 8.42. The summed E-state index contributed by atoms with van der Waals surface area (Å²) in [5, 5.41) is 11.7. The van der Waals surface area contributed by atoms with E-state index >= 15 is 0 Å². The molecule has 1 heterocycles. The van der Waals surface area contributed by atoms with Gasteiger partial charge in [-0.2, -0.15) is 5.26 Å². The molecule has 1 saturated heterocycles. The monoisotopic (exact) mass is 181 g/mol. The van der Waals surface area contributed by atoms with Gasteiger partial charge in [0.1, 0.15) is 0 Å². The molecule has 1 N–H and O–H groups in total. The second-order valence-electron chi connectivity index (χ2n) is 3.65. The summed E-state index contributed by atoms with van der Waals surface area (Å²) in [5.41, 5.74) is 0. The van der Waals surface area contributed by atoms with E-state index in [9.17, 15) is 0 Å². The molecule has 1 aliphatic heterocycles. The summed E-state index contributed by atoms with van der Waals surface area (Å²) in [6, 6.07) is 2.70. The lowest BCUT2D eigenvalue weighted by Crippen LogP contribution is -2.42. The van der Waals surface area contributed by atoms with Crippen LogP contribution >= 0.6 is 0 Å². The Labute approximate surface area is 80.7 Å². The lowest BCUT2D eigenvalue weighted by atomic mass is 10.1. The van der Waals surface area contributed by atoms with Gasteiger partial charge in [0, 0.05) is 6.04 Å². The van der Waals surface area contributed by atoms with Crippen LogP contribution in [0.3, 0.4) is 0 Å². The summed E-state index contributed by atoms with van der Waals surface area (Å²) in [6.07, 6.45) is 3.64. The molecule has 0 unspecified atom stereocenters. The van der Waals surface area contributed by atoms with Crippen molar-refractivity contribution in [3.05, 3.63) is 0 Å². The third kappa shape index (κ3) is 3.75. The molecule has 0 aromatic heterocycles. The van der Waals surface area contributed by atoms with Crippen molar-refractivity contribution < 1.29 is 0 Å². The molecule has 3 heteroatoms. The molecule has 0 saturated carbocycles. The van der Waals surface area contributed by atoms with Crippen LogP contribution in [-0.2, 0) is 0 Å². The van der Waals surface area contributed by atoms with E-state index in [1.165, 1.54) is 38.9 Å². The van der Waals surface area contributed by atoms with Crippen molar-refractivity contribution in [2.45, 2.75) is 32.2 Å². The first-order valence-corrected chi connectivity index (χ1v) is 5.19. The molecule has 0 aromatic carbocycles.